The second-order valence-electron chi connectivity index (χ2n) is 7.47. The van der Waals surface area contributed by atoms with E-state index < -0.39 is 0 Å². The van der Waals surface area contributed by atoms with Crippen molar-refractivity contribution in [2.45, 2.75) is 44.9 Å². The van der Waals surface area contributed by atoms with Crippen molar-refractivity contribution in [2.24, 2.45) is 5.92 Å². The maximum absolute atomic E-state index is 12.7. The molecule has 2 amide bonds. The lowest BCUT2D eigenvalue weighted by Crippen LogP contribution is -2.35. The van der Waals surface area contributed by atoms with Gasteiger partial charge in [0.05, 0.1) is 4.88 Å². The number of piperidine rings is 1. The molecule has 0 aromatic carbocycles. The van der Waals surface area contributed by atoms with Crippen LogP contribution in [0.5, 0.6) is 0 Å². The van der Waals surface area contributed by atoms with Crippen LogP contribution < -0.4 is 5.32 Å². The molecule has 0 bridgehead atoms. The molecule has 0 saturated carbocycles. The molecule has 0 spiro atoms. The van der Waals surface area contributed by atoms with Crippen molar-refractivity contribution in [3.63, 3.8) is 0 Å². The molecule has 4 rings (SSSR count). The highest BCUT2D eigenvalue weighted by atomic mass is 32.1. The van der Waals surface area contributed by atoms with E-state index in [2.05, 4.69) is 22.8 Å². The van der Waals surface area contributed by atoms with E-state index >= 15 is 0 Å². The number of rotatable bonds is 5. The first-order valence-electron chi connectivity index (χ1n) is 9.91. The molecule has 2 aromatic rings. The third-order valence-electron chi connectivity index (χ3n) is 5.56. The van der Waals surface area contributed by atoms with E-state index in [9.17, 15) is 9.59 Å². The Hall–Kier alpha value is -1.66. The molecule has 1 N–H and O–H groups in total. The minimum Gasteiger partial charge on any atom is -0.355 e. The number of hydrogen-bond donors (Lipinski definition) is 1. The summed E-state index contributed by atoms with van der Waals surface area (Å²) in [5, 5.41) is 5.17. The topological polar surface area (TPSA) is 49.4 Å². The van der Waals surface area contributed by atoms with E-state index in [1.807, 2.05) is 11.0 Å². The minimum absolute atomic E-state index is 0.0355. The normalized spacial score (nSPS) is 19.6. The number of aryl methyl sites for hydroxylation is 1. The summed E-state index contributed by atoms with van der Waals surface area (Å²) in [5.74, 6) is 0.381. The Morgan fingerprint density at radius 2 is 2.07 bits per heavy atom. The molecule has 1 atom stereocenters. The van der Waals surface area contributed by atoms with Crippen molar-refractivity contribution in [3.05, 3.63) is 43.8 Å². The standard InChI is InChI=1S/C21H26N2O2S2/c24-20(22-9-8-17-5-4-12-26-17)15-6-7-18-16(13-15)14-19(27-18)21(25)23-10-2-1-3-11-23/h4-5,12,14-15H,1-3,6-11,13H2,(H,22,24)/t15-/m1/s1. The van der Waals surface area contributed by atoms with Gasteiger partial charge in [0, 0.05) is 35.3 Å². The van der Waals surface area contributed by atoms with Crippen LogP contribution in [0.1, 0.15) is 50.7 Å². The number of hydrogen-bond acceptors (Lipinski definition) is 4. The summed E-state index contributed by atoms with van der Waals surface area (Å²) in [6, 6.07) is 6.21. The lowest BCUT2D eigenvalue weighted by atomic mass is 9.87. The molecule has 2 aromatic heterocycles. The fourth-order valence-corrected chi connectivity index (χ4v) is 5.90. The monoisotopic (exact) mass is 402 g/mol. The van der Waals surface area contributed by atoms with Gasteiger partial charge in [-0.05, 0) is 68.0 Å². The predicted octanol–water partition coefficient (Wildman–Crippen LogP) is 3.90. The highest BCUT2D eigenvalue weighted by molar-refractivity contribution is 7.14. The summed E-state index contributed by atoms with van der Waals surface area (Å²) in [4.78, 5) is 30.8. The van der Waals surface area contributed by atoms with Crippen LogP contribution in [-0.4, -0.2) is 36.3 Å². The van der Waals surface area contributed by atoms with Gasteiger partial charge in [-0.2, -0.15) is 0 Å². The summed E-state index contributed by atoms with van der Waals surface area (Å²) in [5.41, 5.74) is 1.21. The molecular weight excluding hydrogens is 376 g/mol. The lowest BCUT2D eigenvalue weighted by Gasteiger charge is -2.26. The number of likely N-dealkylation sites (tertiary alicyclic amines) is 1. The molecule has 6 heteroatoms. The van der Waals surface area contributed by atoms with E-state index in [-0.39, 0.29) is 17.7 Å². The largest absolute Gasteiger partial charge is 0.355 e. The van der Waals surface area contributed by atoms with Crippen molar-refractivity contribution in [1.82, 2.24) is 10.2 Å². The third-order valence-corrected chi connectivity index (χ3v) is 7.72. The molecule has 0 unspecified atom stereocenters. The average molecular weight is 403 g/mol. The Bertz CT molecular complexity index is 791. The van der Waals surface area contributed by atoms with Crippen molar-refractivity contribution in [2.75, 3.05) is 19.6 Å². The van der Waals surface area contributed by atoms with Crippen LogP contribution in [0.25, 0.3) is 0 Å². The molecular formula is C21H26N2O2S2. The Morgan fingerprint density at radius 1 is 1.22 bits per heavy atom. The third kappa shape index (κ3) is 4.43. The van der Waals surface area contributed by atoms with Crippen molar-refractivity contribution in [3.8, 4) is 0 Å². The van der Waals surface area contributed by atoms with Crippen LogP contribution >= 0.6 is 22.7 Å². The van der Waals surface area contributed by atoms with E-state index in [0.29, 0.717) is 6.54 Å². The number of amides is 2. The van der Waals surface area contributed by atoms with Crippen LogP contribution in [0.4, 0.5) is 0 Å². The van der Waals surface area contributed by atoms with Crippen LogP contribution in [0.3, 0.4) is 0 Å². The second kappa shape index (κ2) is 8.57. The summed E-state index contributed by atoms with van der Waals surface area (Å²) >= 11 is 3.38. The van der Waals surface area contributed by atoms with Gasteiger partial charge in [-0.3, -0.25) is 9.59 Å². The fourth-order valence-electron chi connectivity index (χ4n) is 4.01. The second-order valence-corrected chi connectivity index (χ2v) is 9.64. The number of carbonyl (C=O) groups is 2. The highest BCUT2D eigenvalue weighted by Gasteiger charge is 2.28. The first kappa shape index (κ1) is 18.7. The molecule has 1 aliphatic heterocycles. The first-order valence-corrected chi connectivity index (χ1v) is 11.6. The smallest absolute Gasteiger partial charge is 0.263 e. The number of nitrogens with one attached hydrogen (secondary N) is 1. The molecule has 4 nitrogen and oxygen atoms in total. The molecule has 3 heterocycles. The molecule has 0 radical (unpaired) electrons. The Morgan fingerprint density at radius 3 is 2.85 bits per heavy atom. The number of fused-ring (bicyclic) bond motifs is 1. The SMILES string of the molecule is O=C(NCCc1cccs1)[C@@H]1CCc2sc(C(=O)N3CCCCC3)cc2C1. The number of nitrogens with zero attached hydrogens (tertiary/aromatic N) is 1. The number of carbonyl (C=O) groups excluding carboxylic acids is 2. The Balaban J connectivity index is 1.33. The van der Waals surface area contributed by atoms with Crippen molar-refractivity contribution in [1.29, 1.82) is 0 Å². The van der Waals surface area contributed by atoms with Crippen LogP contribution in [0.2, 0.25) is 0 Å². The molecule has 1 saturated heterocycles. The average Bonchev–Trinajstić information content (AvgIpc) is 3.37. The quantitative estimate of drug-likeness (QED) is 0.825. The van der Waals surface area contributed by atoms with Gasteiger partial charge in [-0.1, -0.05) is 6.07 Å². The van der Waals surface area contributed by atoms with Gasteiger partial charge in [0.15, 0.2) is 0 Å². The zero-order valence-corrected chi connectivity index (χ0v) is 17.2. The van der Waals surface area contributed by atoms with Crippen LogP contribution in [-0.2, 0) is 24.1 Å². The van der Waals surface area contributed by atoms with Gasteiger partial charge in [0.25, 0.3) is 5.91 Å². The maximum atomic E-state index is 12.7. The summed E-state index contributed by atoms with van der Waals surface area (Å²) in [6.45, 7) is 2.47. The van der Waals surface area contributed by atoms with Crippen LogP contribution in [0.15, 0.2) is 23.6 Å². The van der Waals surface area contributed by atoms with Gasteiger partial charge in [0.2, 0.25) is 5.91 Å². The molecule has 1 aliphatic carbocycles. The first-order chi connectivity index (χ1) is 13.2. The molecule has 27 heavy (non-hydrogen) atoms. The van der Waals surface area contributed by atoms with Crippen molar-refractivity contribution >= 4 is 34.5 Å². The van der Waals surface area contributed by atoms with E-state index in [0.717, 1.165) is 56.5 Å². The predicted molar refractivity (Wildman–Crippen MR) is 111 cm³/mol. The summed E-state index contributed by atoms with van der Waals surface area (Å²) < 4.78 is 0. The Labute approximate surface area is 168 Å². The van der Waals surface area contributed by atoms with Gasteiger partial charge in [0.1, 0.15) is 0 Å². The van der Waals surface area contributed by atoms with Gasteiger partial charge < -0.3 is 10.2 Å². The number of thiophene rings is 2. The molecule has 2 aliphatic rings. The Kier molecular flexibility index (Phi) is 5.93. The van der Waals surface area contributed by atoms with Crippen LogP contribution in [0, 0.1) is 5.92 Å². The molecule has 1 fully saturated rings. The van der Waals surface area contributed by atoms with Gasteiger partial charge in [-0.15, -0.1) is 22.7 Å². The van der Waals surface area contributed by atoms with E-state index in [1.54, 1.807) is 22.7 Å². The zero-order valence-electron chi connectivity index (χ0n) is 15.5. The zero-order chi connectivity index (χ0) is 18.6. The minimum atomic E-state index is 0.0355. The van der Waals surface area contributed by atoms with E-state index in [1.165, 1.54) is 21.7 Å². The molecule has 144 valence electrons. The summed E-state index contributed by atoms with van der Waals surface area (Å²) in [6.07, 6.45) is 6.92. The van der Waals surface area contributed by atoms with Crippen molar-refractivity contribution < 1.29 is 9.59 Å². The highest BCUT2D eigenvalue weighted by Crippen LogP contribution is 2.33. The lowest BCUT2D eigenvalue weighted by molar-refractivity contribution is -0.125. The maximum Gasteiger partial charge on any atom is 0.263 e. The summed E-state index contributed by atoms with van der Waals surface area (Å²) in [7, 11) is 0. The van der Waals surface area contributed by atoms with Gasteiger partial charge in [-0.25, -0.2) is 0 Å². The fraction of sp³-hybridized carbons (Fsp3) is 0.524. The van der Waals surface area contributed by atoms with E-state index in [4.69, 9.17) is 0 Å². The van der Waals surface area contributed by atoms with Gasteiger partial charge >= 0.3 is 0 Å².